The van der Waals surface area contributed by atoms with Gasteiger partial charge < -0.3 is 9.32 Å². The lowest BCUT2D eigenvalue weighted by Gasteiger charge is -2.26. The van der Waals surface area contributed by atoms with E-state index in [9.17, 15) is 0 Å². The van der Waals surface area contributed by atoms with Crippen LogP contribution in [0.4, 0.5) is 17.1 Å². The summed E-state index contributed by atoms with van der Waals surface area (Å²) in [6.07, 6.45) is 3.75. The Morgan fingerprint density at radius 2 is 0.904 bits per heavy atom. The molecule has 10 rings (SSSR count). The zero-order valence-electron chi connectivity index (χ0n) is 27.8. The molecule has 0 N–H and O–H groups in total. The van der Waals surface area contributed by atoms with Crippen LogP contribution in [0.15, 0.2) is 175 Å². The summed E-state index contributed by atoms with van der Waals surface area (Å²) in [5.74, 6) is 1.38. The highest BCUT2D eigenvalue weighted by Crippen LogP contribution is 2.38. The molecule has 7 nitrogen and oxygen atoms in total. The average molecular weight is 669 g/mol. The first-order valence-corrected chi connectivity index (χ1v) is 17.1. The van der Waals surface area contributed by atoms with Crippen molar-refractivity contribution in [2.75, 3.05) is 4.90 Å². The standard InChI is InChI=1S/C45H28N6O/c1-4-10-39-32(7-1)27-46-43(48-39)30-15-21-35(22-16-30)51(36-23-17-31(18-24-36)44-47-28-33-8-2-5-11-40(33)49-44)34-19-13-29(14-20-34)41-26-25-38-37-9-3-6-12-42(37)52-45(38)50-41/h1-28H. The molecule has 0 aliphatic heterocycles. The van der Waals surface area contributed by atoms with Crippen LogP contribution in [0, 0.1) is 0 Å². The van der Waals surface area contributed by atoms with Gasteiger partial charge in [-0.05, 0) is 91.0 Å². The fourth-order valence-electron chi connectivity index (χ4n) is 6.74. The Kier molecular flexibility index (Phi) is 6.99. The fourth-order valence-corrected chi connectivity index (χ4v) is 6.74. The molecule has 4 heterocycles. The third-order valence-electron chi connectivity index (χ3n) is 9.41. The molecule has 0 saturated heterocycles. The Hall–Kier alpha value is -7.25. The third-order valence-corrected chi connectivity index (χ3v) is 9.41. The van der Waals surface area contributed by atoms with Crippen molar-refractivity contribution < 1.29 is 4.42 Å². The lowest BCUT2D eigenvalue weighted by Crippen LogP contribution is -2.10. The van der Waals surface area contributed by atoms with Crippen LogP contribution in [0.25, 0.3) is 77.9 Å². The topological polar surface area (TPSA) is 80.8 Å². The number of rotatable bonds is 6. The highest BCUT2D eigenvalue weighted by molar-refractivity contribution is 6.04. The van der Waals surface area contributed by atoms with Crippen LogP contribution in [0.2, 0.25) is 0 Å². The molecule has 0 atom stereocenters. The van der Waals surface area contributed by atoms with Gasteiger partial charge in [-0.2, -0.15) is 0 Å². The van der Waals surface area contributed by atoms with Crippen LogP contribution in [-0.4, -0.2) is 24.9 Å². The van der Waals surface area contributed by atoms with Crippen LogP contribution < -0.4 is 4.90 Å². The van der Waals surface area contributed by atoms with Crippen molar-refractivity contribution in [3.05, 3.63) is 170 Å². The van der Waals surface area contributed by atoms with Gasteiger partial charge in [-0.3, -0.25) is 0 Å². The second kappa shape index (κ2) is 12.3. The average Bonchev–Trinajstić information content (AvgIpc) is 3.59. The van der Waals surface area contributed by atoms with Gasteiger partial charge in [0.15, 0.2) is 11.6 Å². The van der Waals surface area contributed by atoms with Gasteiger partial charge in [0.25, 0.3) is 0 Å². The van der Waals surface area contributed by atoms with Crippen LogP contribution in [0.1, 0.15) is 0 Å². The zero-order chi connectivity index (χ0) is 34.4. The number of fused-ring (bicyclic) bond motifs is 5. The lowest BCUT2D eigenvalue weighted by atomic mass is 10.1. The second-order valence-corrected chi connectivity index (χ2v) is 12.6. The molecule has 0 amide bonds. The summed E-state index contributed by atoms with van der Waals surface area (Å²) >= 11 is 0. The van der Waals surface area contributed by atoms with Crippen molar-refractivity contribution in [1.82, 2.24) is 24.9 Å². The number of hydrogen-bond acceptors (Lipinski definition) is 7. The molecule has 0 bridgehead atoms. The molecule has 0 saturated carbocycles. The Balaban J connectivity index is 1.02. The minimum Gasteiger partial charge on any atom is -0.438 e. The molecular weight excluding hydrogens is 641 g/mol. The molecule has 52 heavy (non-hydrogen) atoms. The highest BCUT2D eigenvalue weighted by atomic mass is 16.3. The first-order chi connectivity index (χ1) is 25.7. The van der Waals surface area contributed by atoms with E-state index in [0.29, 0.717) is 17.4 Å². The van der Waals surface area contributed by atoms with Gasteiger partial charge in [-0.1, -0.05) is 66.7 Å². The van der Waals surface area contributed by atoms with Crippen molar-refractivity contribution >= 4 is 60.9 Å². The van der Waals surface area contributed by atoms with Crippen molar-refractivity contribution in [3.63, 3.8) is 0 Å². The molecule has 0 fully saturated rings. The van der Waals surface area contributed by atoms with E-state index in [1.165, 1.54) is 0 Å². The van der Waals surface area contributed by atoms with Gasteiger partial charge >= 0.3 is 0 Å². The molecule has 0 unspecified atom stereocenters. The molecule has 10 aromatic rings. The van der Waals surface area contributed by atoms with Gasteiger partial charge in [0.1, 0.15) is 5.58 Å². The van der Waals surface area contributed by atoms with Gasteiger partial charge in [0, 0.05) is 67.7 Å². The quantitative estimate of drug-likeness (QED) is 0.174. The monoisotopic (exact) mass is 668 g/mol. The lowest BCUT2D eigenvalue weighted by molar-refractivity contribution is 0.654. The predicted molar refractivity (Wildman–Crippen MR) is 209 cm³/mol. The number of benzene rings is 6. The van der Waals surface area contributed by atoms with Crippen molar-refractivity contribution in [2.45, 2.75) is 0 Å². The first kappa shape index (κ1) is 29.6. The maximum absolute atomic E-state index is 6.08. The van der Waals surface area contributed by atoms with Crippen LogP contribution in [0.3, 0.4) is 0 Å². The summed E-state index contributed by atoms with van der Waals surface area (Å²) in [7, 11) is 0. The van der Waals surface area contributed by atoms with E-state index in [2.05, 4.69) is 106 Å². The van der Waals surface area contributed by atoms with Crippen molar-refractivity contribution in [2.24, 2.45) is 0 Å². The van der Waals surface area contributed by atoms with E-state index in [4.69, 9.17) is 19.4 Å². The molecule has 244 valence electrons. The summed E-state index contributed by atoms with van der Waals surface area (Å²) in [5, 5.41) is 4.11. The molecule has 6 aromatic carbocycles. The van der Waals surface area contributed by atoms with Crippen molar-refractivity contribution in [1.29, 1.82) is 0 Å². The number of furan rings is 1. The van der Waals surface area contributed by atoms with E-state index < -0.39 is 0 Å². The van der Waals surface area contributed by atoms with E-state index in [0.717, 1.165) is 77.6 Å². The van der Waals surface area contributed by atoms with Crippen LogP contribution in [-0.2, 0) is 0 Å². The number of hydrogen-bond donors (Lipinski definition) is 0. The van der Waals surface area contributed by atoms with Gasteiger partial charge in [0.2, 0.25) is 5.71 Å². The number of nitrogens with zero attached hydrogens (tertiary/aromatic N) is 6. The molecule has 7 heteroatoms. The smallest absolute Gasteiger partial charge is 0.227 e. The SMILES string of the molecule is c1ccc2nc(-c3ccc(N(c4ccc(-c5ccc6c(n5)oc5ccccc56)cc4)c4ccc(-c5ncc6ccccc6n5)cc4)cc3)ncc2c1. The molecular formula is C45H28N6O. The number of pyridine rings is 1. The van der Waals surface area contributed by atoms with Gasteiger partial charge in [-0.25, -0.2) is 24.9 Å². The largest absolute Gasteiger partial charge is 0.438 e. The molecule has 0 spiro atoms. The fraction of sp³-hybridized carbons (Fsp3) is 0. The summed E-state index contributed by atoms with van der Waals surface area (Å²) in [6, 6.07) is 53.4. The summed E-state index contributed by atoms with van der Waals surface area (Å²) in [4.78, 5) is 26.0. The number of aromatic nitrogens is 5. The van der Waals surface area contributed by atoms with Gasteiger partial charge in [0.05, 0.1) is 16.7 Å². The second-order valence-electron chi connectivity index (χ2n) is 12.6. The molecule has 0 aliphatic carbocycles. The van der Waals surface area contributed by atoms with E-state index >= 15 is 0 Å². The summed E-state index contributed by atoms with van der Waals surface area (Å²) in [5.41, 5.74) is 10.0. The molecule has 4 aromatic heterocycles. The molecule has 0 radical (unpaired) electrons. The van der Waals surface area contributed by atoms with E-state index in [1.807, 2.05) is 79.1 Å². The third kappa shape index (κ3) is 5.28. The maximum Gasteiger partial charge on any atom is 0.227 e. The van der Waals surface area contributed by atoms with Crippen LogP contribution >= 0.6 is 0 Å². The zero-order valence-corrected chi connectivity index (χ0v) is 27.8. The Morgan fingerprint density at radius 1 is 0.404 bits per heavy atom. The Bertz CT molecular complexity index is 2780. The number of para-hydroxylation sites is 3. The Labute approximate surface area is 298 Å². The van der Waals surface area contributed by atoms with E-state index in [1.54, 1.807) is 0 Å². The predicted octanol–water partition coefficient (Wildman–Crippen LogP) is 11.3. The first-order valence-electron chi connectivity index (χ1n) is 17.1. The minimum atomic E-state index is 0.635. The van der Waals surface area contributed by atoms with E-state index in [-0.39, 0.29) is 0 Å². The summed E-state index contributed by atoms with van der Waals surface area (Å²) < 4.78 is 6.08. The Morgan fingerprint density at radius 3 is 1.48 bits per heavy atom. The highest BCUT2D eigenvalue weighted by Gasteiger charge is 2.16. The van der Waals surface area contributed by atoms with Crippen LogP contribution in [0.5, 0.6) is 0 Å². The molecule has 0 aliphatic rings. The summed E-state index contributed by atoms with van der Waals surface area (Å²) in [6.45, 7) is 0. The minimum absolute atomic E-state index is 0.635. The van der Waals surface area contributed by atoms with Crippen molar-refractivity contribution in [3.8, 4) is 34.0 Å². The van der Waals surface area contributed by atoms with Gasteiger partial charge in [-0.15, -0.1) is 0 Å². The maximum atomic E-state index is 6.08. The number of anilines is 3. The normalized spacial score (nSPS) is 11.5.